The number of ether oxygens (including phenoxy) is 1. The Hall–Kier alpha value is -3.03. The molecule has 0 saturated carbocycles. The van der Waals surface area contributed by atoms with Crippen molar-refractivity contribution in [1.29, 1.82) is 0 Å². The number of carbonyl (C=O) groups excluding carboxylic acids is 3. The summed E-state index contributed by atoms with van der Waals surface area (Å²) in [6.07, 6.45) is 2.76. The number of amides is 2. The molecule has 0 aliphatic carbocycles. The summed E-state index contributed by atoms with van der Waals surface area (Å²) in [5.41, 5.74) is 6.38. The molecule has 0 spiro atoms. The number of aryl methyl sites for hydroxylation is 1. The van der Waals surface area contributed by atoms with Gasteiger partial charge >= 0.3 is 5.97 Å². The van der Waals surface area contributed by atoms with E-state index in [1.165, 1.54) is 23.5 Å². The fourth-order valence-electron chi connectivity index (χ4n) is 2.86. The molecule has 2 rings (SSSR count). The number of hydrogen-bond acceptors (Lipinski definition) is 9. The van der Waals surface area contributed by atoms with Gasteiger partial charge in [0.2, 0.25) is 21.8 Å². The number of hydrogen-bond donors (Lipinski definition) is 4. The molecule has 1 atom stereocenters. The fraction of sp³-hybridized carbons (Fsp3) is 0.455. The van der Waals surface area contributed by atoms with Gasteiger partial charge in [0.15, 0.2) is 5.13 Å². The number of rotatable bonds is 15. The predicted molar refractivity (Wildman–Crippen MR) is 132 cm³/mol. The zero-order chi connectivity index (χ0) is 25.7. The van der Waals surface area contributed by atoms with E-state index in [-0.39, 0.29) is 36.9 Å². The molecule has 0 saturated heterocycles. The van der Waals surface area contributed by atoms with Crippen molar-refractivity contribution in [2.45, 2.75) is 50.0 Å². The van der Waals surface area contributed by atoms with Crippen LogP contribution in [-0.4, -0.2) is 56.9 Å². The van der Waals surface area contributed by atoms with Crippen molar-refractivity contribution >= 4 is 44.3 Å². The molecule has 2 amide bonds. The zero-order valence-electron chi connectivity index (χ0n) is 19.5. The number of nitrogens with zero attached hydrogens (tertiary/aromatic N) is 1. The zero-order valence-corrected chi connectivity index (χ0v) is 21.1. The van der Waals surface area contributed by atoms with Crippen LogP contribution in [0.1, 0.15) is 38.3 Å². The van der Waals surface area contributed by atoms with Gasteiger partial charge in [0.05, 0.1) is 23.7 Å². The molecule has 2 aromatic rings. The first-order valence-electron chi connectivity index (χ1n) is 11.2. The van der Waals surface area contributed by atoms with Crippen LogP contribution in [0.5, 0.6) is 0 Å². The third-order valence-electron chi connectivity index (χ3n) is 4.73. The minimum absolute atomic E-state index is 0.0229. The number of thiazole rings is 1. The van der Waals surface area contributed by atoms with Gasteiger partial charge in [0, 0.05) is 18.3 Å². The van der Waals surface area contributed by atoms with Gasteiger partial charge in [-0.25, -0.2) is 13.4 Å². The highest BCUT2D eigenvalue weighted by Crippen LogP contribution is 2.13. The number of sulfonamides is 1. The topological polar surface area (TPSA) is 170 Å². The number of nitrogens with two attached hydrogens (primary N) is 1. The predicted octanol–water partition coefficient (Wildman–Crippen LogP) is 0.971. The number of benzene rings is 1. The maximum atomic E-state index is 12.6. The average molecular weight is 526 g/mol. The van der Waals surface area contributed by atoms with Crippen LogP contribution in [0.25, 0.3) is 0 Å². The maximum Gasteiger partial charge on any atom is 0.326 e. The molecule has 1 aromatic carbocycles. The van der Waals surface area contributed by atoms with E-state index in [2.05, 4.69) is 20.3 Å². The van der Waals surface area contributed by atoms with Crippen LogP contribution in [0.15, 0.2) is 40.6 Å². The van der Waals surface area contributed by atoms with Gasteiger partial charge < -0.3 is 21.1 Å². The number of nitrogens with one attached hydrogen (secondary N) is 3. The van der Waals surface area contributed by atoms with E-state index in [1.54, 1.807) is 18.2 Å². The monoisotopic (exact) mass is 525 g/mol. The highest BCUT2D eigenvalue weighted by atomic mass is 32.2. The molecule has 1 aromatic heterocycles. The number of carbonyl (C=O) groups is 3. The molecule has 0 bridgehead atoms. The Labute approximate surface area is 208 Å². The van der Waals surface area contributed by atoms with Gasteiger partial charge in [0.25, 0.3) is 0 Å². The highest BCUT2D eigenvalue weighted by molar-refractivity contribution is 7.89. The molecule has 35 heavy (non-hydrogen) atoms. The van der Waals surface area contributed by atoms with Crippen molar-refractivity contribution in [2.24, 2.45) is 0 Å². The normalized spacial score (nSPS) is 12.0. The number of unbranched alkanes of at least 4 members (excludes halogenated alkanes) is 1. The molecule has 1 unspecified atom stereocenters. The molecule has 0 radical (unpaired) electrons. The standard InChI is InChI=1S/C22H31N5O6S2/c1-2-3-12-33-21(30)18(27-35(31,32)17-9-5-4-6-10-17)13-24-20(29)14-25-19(28)11-7-8-16-15-34-22(23)26-16/h4-6,9-10,15,18,27H,2-3,7-8,11-14H2,1H3,(H2,23,26)(H,24,29)(H,25,28). The second-order valence-electron chi connectivity index (χ2n) is 7.62. The molecule has 13 heteroatoms. The first-order chi connectivity index (χ1) is 16.7. The van der Waals surface area contributed by atoms with Gasteiger partial charge in [0.1, 0.15) is 6.04 Å². The van der Waals surface area contributed by atoms with E-state index in [0.29, 0.717) is 24.4 Å². The summed E-state index contributed by atoms with van der Waals surface area (Å²) in [6, 6.07) is 6.22. The molecule has 192 valence electrons. The van der Waals surface area contributed by atoms with Crippen LogP contribution in [0.2, 0.25) is 0 Å². The lowest BCUT2D eigenvalue weighted by atomic mass is 10.2. The van der Waals surface area contributed by atoms with E-state index in [0.717, 1.165) is 12.1 Å². The van der Waals surface area contributed by atoms with Crippen molar-refractivity contribution < 1.29 is 27.5 Å². The Morgan fingerprint density at radius 2 is 1.86 bits per heavy atom. The lowest BCUT2D eigenvalue weighted by molar-refractivity contribution is -0.145. The Kier molecular flexibility index (Phi) is 11.6. The molecule has 11 nitrogen and oxygen atoms in total. The number of aromatic nitrogens is 1. The maximum absolute atomic E-state index is 12.6. The minimum Gasteiger partial charge on any atom is -0.464 e. The first kappa shape index (κ1) is 28.2. The molecule has 1 heterocycles. The van der Waals surface area contributed by atoms with Gasteiger partial charge in [-0.15, -0.1) is 11.3 Å². The van der Waals surface area contributed by atoms with Crippen molar-refractivity contribution in [2.75, 3.05) is 25.4 Å². The summed E-state index contributed by atoms with van der Waals surface area (Å²) in [5.74, 6) is -1.69. The number of anilines is 1. The van der Waals surface area contributed by atoms with Gasteiger partial charge in [-0.2, -0.15) is 4.72 Å². The summed E-state index contributed by atoms with van der Waals surface area (Å²) >= 11 is 1.33. The van der Waals surface area contributed by atoms with E-state index < -0.39 is 27.9 Å². The SMILES string of the molecule is CCCCOC(=O)C(CNC(=O)CNC(=O)CCCc1csc(N)n1)NS(=O)(=O)c1ccccc1. The Morgan fingerprint density at radius 1 is 1.11 bits per heavy atom. The molecule has 0 aliphatic heterocycles. The highest BCUT2D eigenvalue weighted by Gasteiger charge is 2.27. The summed E-state index contributed by atoms with van der Waals surface area (Å²) in [5, 5.41) is 7.26. The first-order valence-corrected chi connectivity index (χ1v) is 13.5. The van der Waals surface area contributed by atoms with Crippen LogP contribution in [0.4, 0.5) is 5.13 Å². The van der Waals surface area contributed by atoms with Crippen LogP contribution in [0, 0.1) is 0 Å². The minimum atomic E-state index is -4.02. The average Bonchev–Trinajstić information content (AvgIpc) is 3.25. The van der Waals surface area contributed by atoms with Crippen molar-refractivity contribution in [1.82, 2.24) is 20.3 Å². The molecular formula is C22H31N5O6S2. The molecular weight excluding hydrogens is 494 g/mol. The third kappa shape index (κ3) is 10.4. The molecule has 0 fully saturated rings. The second-order valence-corrected chi connectivity index (χ2v) is 10.2. The Morgan fingerprint density at radius 3 is 2.51 bits per heavy atom. The van der Waals surface area contributed by atoms with Crippen molar-refractivity contribution in [3.63, 3.8) is 0 Å². The van der Waals surface area contributed by atoms with E-state index in [1.807, 2.05) is 12.3 Å². The van der Waals surface area contributed by atoms with Crippen LogP contribution in [-0.2, 0) is 35.6 Å². The Balaban J connectivity index is 1.83. The van der Waals surface area contributed by atoms with Crippen molar-refractivity contribution in [3.8, 4) is 0 Å². The lowest BCUT2D eigenvalue weighted by Gasteiger charge is -2.18. The summed E-state index contributed by atoms with van der Waals surface area (Å²) in [4.78, 5) is 40.7. The number of esters is 1. The third-order valence-corrected chi connectivity index (χ3v) is 6.94. The van der Waals surface area contributed by atoms with Gasteiger partial charge in [-0.05, 0) is 31.4 Å². The Bertz CT molecular complexity index is 1080. The van der Waals surface area contributed by atoms with Gasteiger partial charge in [-0.1, -0.05) is 31.5 Å². The molecule has 5 N–H and O–H groups in total. The van der Waals surface area contributed by atoms with Crippen LogP contribution in [0.3, 0.4) is 0 Å². The lowest BCUT2D eigenvalue weighted by Crippen LogP contribution is -2.50. The molecule has 0 aliphatic rings. The summed E-state index contributed by atoms with van der Waals surface area (Å²) in [7, 11) is -4.02. The smallest absolute Gasteiger partial charge is 0.326 e. The van der Waals surface area contributed by atoms with E-state index >= 15 is 0 Å². The quantitative estimate of drug-likeness (QED) is 0.197. The fourth-order valence-corrected chi connectivity index (χ4v) is 4.66. The van der Waals surface area contributed by atoms with Crippen molar-refractivity contribution in [3.05, 3.63) is 41.4 Å². The largest absolute Gasteiger partial charge is 0.464 e. The van der Waals surface area contributed by atoms with E-state index in [4.69, 9.17) is 10.5 Å². The van der Waals surface area contributed by atoms with E-state index in [9.17, 15) is 22.8 Å². The number of nitrogen functional groups attached to an aromatic ring is 1. The van der Waals surface area contributed by atoms with Crippen LogP contribution >= 0.6 is 11.3 Å². The second kappa shape index (κ2) is 14.4. The summed E-state index contributed by atoms with van der Waals surface area (Å²) < 4.78 is 32.7. The van der Waals surface area contributed by atoms with Gasteiger partial charge in [-0.3, -0.25) is 14.4 Å². The summed E-state index contributed by atoms with van der Waals surface area (Å²) in [6.45, 7) is 1.41. The van der Waals surface area contributed by atoms with Crippen LogP contribution < -0.4 is 21.1 Å².